The Kier molecular flexibility index (Phi) is 1.68. The number of rotatable bonds is 1. The maximum atomic E-state index is 11.5. The third kappa shape index (κ3) is 1.19. The molecule has 1 nitrogen and oxygen atoms in total. The molecule has 1 aliphatic rings. The Morgan fingerprint density at radius 2 is 2.44 bits per heavy atom. The minimum atomic E-state index is 0.234. The summed E-state index contributed by atoms with van der Waals surface area (Å²) in [6, 6.07) is 0. The van der Waals surface area contributed by atoms with E-state index in [4.69, 9.17) is 0 Å². The van der Waals surface area contributed by atoms with Gasteiger partial charge in [0.25, 0.3) is 0 Å². The van der Waals surface area contributed by atoms with E-state index in [1.165, 1.54) is 0 Å². The molecule has 1 rings (SSSR count). The zero-order chi connectivity index (χ0) is 6.69. The summed E-state index contributed by atoms with van der Waals surface area (Å²) < 4.78 is 11.5. The molecule has 9 heavy (non-hydrogen) atoms. The molecule has 0 aromatic carbocycles. The van der Waals surface area contributed by atoms with Gasteiger partial charge in [-0.3, -0.25) is 4.94 Å². The Bertz CT molecular complexity index is 179. The van der Waals surface area contributed by atoms with Crippen molar-refractivity contribution in [2.45, 2.75) is 6.42 Å². The average molecular weight is 126 g/mol. The van der Waals surface area contributed by atoms with Crippen LogP contribution in [0.4, 0.5) is 4.53 Å². The quantitative estimate of drug-likeness (QED) is 0.523. The lowest BCUT2D eigenvalue weighted by Crippen LogP contribution is -1.88. The van der Waals surface area contributed by atoms with Crippen molar-refractivity contribution in [3.8, 4) is 0 Å². The van der Waals surface area contributed by atoms with Gasteiger partial charge in [0, 0.05) is 10.1 Å². The normalized spacial score (nSPS) is 17.4. The van der Waals surface area contributed by atoms with Crippen LogP contribution in [0.15, 0.2) is 36.1 Å². The van der Waals surface area contributed by atoms with E-state index in [2.05, 4.69) is 11.5 Å². The van der Waals surface area contributed by atoms with Gasteiger partial charge in [0.1, 0.15) is 0 Å². The van der Waals surface area contributed by atoms with Crippen molar-refractivity contribution in [1.82, 2.24) is 0 Å². The van der Waals surface area contributed by atoms with Crippen LogP contribution in [0.2, 0.25) is 0 Å². The lowest BCUT2D eigenvalue weighted by molar-refractivity contribution is -0.0784. The first kappa shape index (κ1) is 6.08. The van der Waals surface area contributed by atoms with E-state index in [-0.39, 0.29) is 5.76 Å². The van der Waals surface area contributed by atoms with Crippen LogP contribution in [0.25, 0.3) is 0 Å². The van der Waals surface area contributed by atoms with Gasteiger partial charge in [-0.1, -0.05) is 18.7 Å². The van der Waals surface area contributed by atoms with Gasteiger partial charge in [-0.25, -0.2) is 0 Å². The molecule has 2 heteroatoms. The summed E-state index contributed by atoms with van der Waals surface area (Å²) in [5.41, 5.74) is 0.587. The van der Waals surface area contributed by atoms with Gasteiger partial charge in [-0.2, -0.15) is 0 Å². The Hall–Kier alpha value is -1.05. The van der Waals surface area contributed by atoms with E-state index in [0.29, 0.717) is 5.57 Å². The molecule has 0 saturated heterocycles. The fourth-order valence-electron chi connectivity index (χ4n) is 0.680. The highest BCUT2D eigenvalue weighted by molar-refractivity contribution is 5.36. The monoisotopic (exact) mass is 126 g/mol. The van der Waals surface area contributed by atoms with Crippen LogP contribution in [0.3, 0.4) is 0 Å². The Balaban J connectivity index is 2.71. The number of hydrogen-bond acceptors (Lipinski definition) is 1. The highest BCUT2D eigenvalue weighted by Crippen LogP contribution is 2.16. The third-order valence-corrected chi connectivity index (χ3v) is 1.16. The molecule has 0 N–H and O–H groups in total. The van der Waals surface area contributed by atoms with Crippen molar-refractivity contribution in [2.75, 3.05) is 0 Å². The van der Waals surface area contributed by atoms with Crippen molar-refractivity contribution in [1.29, 1.82) is 0 Å². The number of hydrogen-bond donors (Lipinski definition) is 0. The zero-order valence-electron chi connectivity index (χ0n) is 4.93. The zero-order valence-corrected chi connectivity index (χ0v) is 4.93. The van der Waals surface area contributed by atoms with Crippen molar-refractivity contribution >= 4 is 0 Å². The largest absolute Gasteiger partial charge is 0.294 e. The smallest absolute Gasteiger partial charge is 0.174 e. The molecule has 0 fully saturated rings. The average Bonchev–Trinajstić information content (AvgIpc) is 1.89. The summed E-state index contributed by atoms with van der Waals surface area (Å²) in [6.07, 6.45) is 5.99. The van der Waals surface area contributed by atoms with Gasteiger partial charge in [-0.05, 0) is 12.5 Å². The fraction of sp³-hybridized carbons (Fsp3) is 0.143. The summed E-state index contributed by atoms with van der Waals surface area (Å²) >= 11 is 0. The molecule has 0 bridgehead atoms. The minimum Gasteiger partial charge on any atom is -0.294 e. The van der Waals surface area contributed by atoms with Gasteiger partial charge >= 0.3 is 0 Å². The first-order valence-corrected chi connectivity index (χ1v) is 2.69. The van der Waals surface area contributed by atoms with Crippen LogP contribution in [-0.2, 0) is 4.94 Å². The van der Waals surface area contributed by atoms with E-state index >= 15 is 0 Å². The highest BCUT2D eigenvalue weighted by Gasteiger charge is 2.03. The van der Waals surface area contributed by atoms with Crippen LogP contribution in [0.5, 0.6) is 0 Å². The summed E-state index contributed by atoms with van der Waals surface area (Å²) in [5, 5.41) is 0. The predicted octanol–water partition coefficient (Wildman–Crippen LogP) is 2.29. The van der Waals surface area contributed by atoms with Crippen molar-refractivity contribution in [3.05, 3.63) is 36.1 Å². The topological polar surface area (TPSA) is 9.23 Å². The maximum absolute atomic E-state index is 11.5. The first-order chi connectivity index (χ1) is 4.34. The molecule has 0 saturated carbocycles. The predicted molar refractivity (Wildman–Crippen MR) is 33.2 cm³/mol. The fourth-order valence-corrected chi connectivity index (χ4v) is 0.680. The molecule has 0 aliphatic heterocycles. The summed E-state index contributed by atoms with van der Waals surface area (Å²) in [6.45, 7) is 3.55. The second-order valence-corrected chi connectivity index (χ2v) is 1.81. The van der Waals surface area contributed by atoms with Crippen molar-refractivity contribution in [2.24, 2.45) is 0 Å². The maximum Gasteiger partial charge on any atom is 0.174 e. The molecule has 0 unspecified atom stereocenters. The molecular weight excluding hydrogens is 119 g/mol. The molecule has 0 amide bonds. The van der Waals surface area contributed by atoms with E-state index in [9.17, 15) is 4.53 Å². The van der Waals surface area contributed by atoms with E-state index in [1.807, 2.05) is 6.08 Å². The Morgan fingerprint density at radius 1 is 1.67 bits per heavy atom. The number of allylic oxidation sites excluding steroid dienone is 3. The van der Waals surface area contributed by atoms with Crippen LogP contribution >= 0.6 is 0 Å². The second kappa shape index (κ2) is 2.49. The summed E-state index contributed by atoms with van der Waals surface area (Å²) in [4.78, 5) is 3.51. The molecule has 0 radical (unpaired) electrons. The lowest BCUT2D eigenvalue weighted by Gasteiger charge is -2.03. The standard InChI is InChI=1S/C7H7FO/c1-6-4-2-3-5-7(6)9-8/h2,4-5H,1,3H2. The van der Waals surface area contributed by atoms with Gasteiger partial charge in [0.05, 0.1) is 0 Å². The molecule has 0 aromatic rings. The molecule has 0 spiro atoms. The van der Waals surface area contributed by atoms with E-state index < -0.39 is 0 Å². The van der Waals surface area contributed by atoms with Gasteiger partial charge in [0.15, 0.2) is 5.76 Å². The van der Waals surface area contributed by atoms with E-state index in [0.717, 1.165) is 6.42 Å². The molecule has 0 heterocycles. The molecular formula is C7H7FO. The summed E-state index contributed by atoms with van der Waals surface area (Å²) in [7, 11) is 0. The van der Waals surface area contributed by atoms with Crippen molar-refractivity contribution < 1.29 is 9.47 Å². The van der Waals surface area contributed by atoms with Gasteiger partial charge < -0.3 is 0 Å². The van der Waals surface area contributed by atoms with Crippen LogP contribution in [-0.4, -0.2) is 0 Å². The minimum absolute atomic E-state index is 0.234. The van der Waals surface area contributed by atoms with Crippen LogP contribution in [0.1, 0.15) is 6.42 Å². The summed E-state index contributed by atoms with van der Waals surface area (Å²) in [5.74, 6) is 0.234. The molecule has 0 aromatic heterocycles. The van der Waals surface area contributed by atoms with Crippen molar-refractivity contribution in [3.63, 3.8) is 0 Å². The SMILES string of the molecule is C=C1C=CCC=C1OF. The first-order valence-electron chi connectivity index (χ1n) is 2.69. The van der Waals surface area contributed by atoms with Gasteiger partial charge in [-0.15, -0.1) is 0 Å². The Labute approximate surface area is 53.0 Å². The molecule has 1 aliphatic carbocycles. The third-order valence-electron chi connectivity index (χ3n) is 1.16. The van der Waals surface area contributed by atoms with Crippen LogP contribution in [0, 0.1) is 0 Å². The lowest BCUT2D eigenvalue weighted by atomic mass is 10.1. The second-order valence-electron chi connectivity index (χ2n) is 1.81. The number of halogens is 1. The molecule has 48 valence electrons. The highest BCUT2D eigenvalue weighted by atomic mass is 19.3. The van der Waals surface area contributed by atoms with E-state index in [1.54, 1.807) is 12.2 Å². The Morgan fingerprint density at radius 3 is 2.89 bits per heavy atom. The van der Waals surface area contributed by atoms with Gasteiger partial charge in [0.2, 0.25) is 0 Å². The van der Waals surface area contributed by atoms with Crippen LogP contribution < -0.4 is 0 Å². The molecule has 0 atom stereocenters.